The highest BCUT2D eigenvalue weighted by Gasteiger charge is 2.05. The summed E-state index contributed by atoms with van der Waals surface area (Å²) >= 11 is 3.35. The Morgan fingerprint density at radius 2 is 1.61 bits per heavy atom. The lowest BCUT2D eigenvalue weighted by atomic mass is 10.1. The van der Waals surface area contributed by atoms with Crippen LogP contribution < -0.4 is 10.7 Å². The van der Waals surface area contributed by atoms with E-state index in [9.17, 15) is 9.59 Å². The minimum absolute atomic E-state index is 0.116. The maximum atomic E-state index is 11.9. The standard InChI is InChI=1S/C22H20BrN3O2/c23-18-11-13-19(14-12-18)25-21(27)9-4-10-22(28)26-24-15-17-7-3-6-16-5-1-2-8-20(16)17/h1-3,5-8,11-15H,4,9-10H2,(H,25,27)(H,26,28)/b24-15-. The van der Waals surface area contributed by atoms with Gasteiger partial charge < -0.3 is 5.32 Å². The molecule has 0 fully saturated rings. The van der Waals surface area contributed by atoms with Crippen LogP contribution in [0.2, 0.25) is 0 Å². The van der Waals surface area contributed by atoms with Gasteiger partial charge in [0.15, 0.2) is 0 Å². The van der Waals surface area contributed by atoms with Crippen LogP contribution in [0, 0.1) is 0 Å². The number of amides is 2. The van der Waals surface area contributed by atoms with E-state index in [0.717, 1.165) is 26.5 Å². The molecular formula is C22H20BrN3O2. The highest BCUT2D eigenvalue weighted by Crippen LogP contribution is 2.17. The normalized spacial score (nSPS) is 10.9. The highest BCUT2D eigenvalue weighted by atomic mass is 79.9. The monoisotopic (exact) mass is 437 g/mol. The van der Waals surface area contributed by atoms with E-state index in [2.05, 4.69) is 31.8 Å². The summed E-state index contributed by atoms with van der Waals surface area (Å²) in [5.41, 5.74) is 4.19. The molecule has 2 amide bonds. The van der Waals surface area contributed by atoms with Crippen LogP contribution in [0.15, 0.2) is 76.3 Å². The van der Waals surface area contributed by atoms with Crippen LogP contribution in [0.25, 0.3) is 10.8 Å². The van der Waals surface area contributed by atoms with Crippen molar-refractivity contribution in [3.8, 4) is 0 Å². The van der Waals surface area contributed by atoms with Gasteiger partial charge in [-0.2, -0.15) is 5.10 Å². The molecule has 6 heteroatoms. The molecule has 0 aliphatic carbocycles. The van der Waals surface area contributed by atoms with Crippen molar-refractivity contribution in [2.75, 3.05) is 5.32 Å². The van der Waals surface area contributed by atoms with Gasteiger partial charge in [0, 0.05) is 28.6 Å². The van der Waals surface area contributed by atoms with Crippen molar-refractivity contribution in [3.63, 3.8) is 0 Å². The molecule has 0 saturated carbocycles. The van der Waals surface area contributed by atoms with Crippen molar-refractivity contribution in [1.82, 2.24) is 5.43 Å². The topological polar surface area (TPSA) is 70.6 Å². The van der Waals surface area contributed by atoms with E-state index in [-0.39, 0.29) is 24.7 Å². The van der Waals surface area contributed by atoms with Gasteiger partial charge >= 0.3 is 0 Å². The molecule has 0 unspecified atom stereocenters. The van der Waals surface area contributed by atoms with Crippen molar-refractivity contribution >= 4 is 50.4 Å². The molecule has 5 nitrogen and oxygen atoms in total. The number of rotatable bonds is 7. The number of hydrazone groups is 1. The van der Waals surface area contributed by atoms with Gasteiger partial charge in [-0.3, -0.25) is 9.59 Å². The number of carbonyl (C=O) groups excluding carboxylic acids is 2. The molecule has 3 rings (SSSR count). The van der Waals surface area contributed by atoms with E-state index in [1.54, 1.807) is 6.21 Å². The molecule has 0 atom stereocenters. The molecule has 142 valence electrons. The number of carbonyl (C=O) groups is 2. The Morgan fingerprint density at radius 3 is 2.43 bits per heavy atom. The van der Waals surface area contributed by atoms with E-state index >= 15 is 0 Å². The van der Waals surface area contributed by atoms with E-state index in [1.165, 1.54) is 0 Å². The molecule has 0 saturated heterocycles. The Kier molecular flexibility index (Phi) is 6.92. The van der Waals surface area contributed by atoms with Crippen LogP contribution in [-0.2, 0) is 9.59 Å². The molecule has 0 spiro atoms. The third kappa shape index (κ3) is 5.76. The van der Waals surface area contributed by atoms with Gasteiger partial charge in [-0.25, -0.2) is 5.43 Å². The zero-order valence-corrected chi connectivity index (χ0v) is 16.8. The summed E-state index contributed by atoms with van der Waals surface area (Å²) in [4.78, 5) is 23.8. The molecule has 0 aliphatic heterocycles. The van der Waals surface area contributed by atoms with Gasteiger partial charge in [-0.1, -0.05) is 58.4 Å². The molecule has 0 aliphatic rings. The maximum absolute atomic E-state index is 11.9. The first-order chi connectivity index (χ1) is 13.6. The minimum Gasteiger partial charge on any atom is -0.326 e. The summed E-state index contributed by atoms with van der Waals surface area (Å²) in [7, 11) is 0. The zero-order valence-electron chi connectivity index (χ0n) is 15.2. The summed E-state index contributed by atoms with van der Waals surface area (Å²) in [5.74, 6) is -0.331. The molecule has 2 N–H and O–H groups in total. The fourth-order valence-corrected chi connectivity index (χ4v) is 3.02. The number of hydrogen-bond donors (Lipinski definition) is 2. The van der Waals surface area contributed by atoms with Crippen LogP contribution in [0.5, 0.6) is 0 Å². The Hall–Kier alpha value is -2.99. The molecule has 3 aromatic rings. The molecule has 0 radical (unpaired) electrons. The Balaban J connectivity index is 1.42. The lowest BCUT2D eigenvalue weighted by Crippen LogP contribution is -2.18. The second kappa shape index (κ2) is 9.80. The Morgan fingerprint density at radius 1 is 0.893 bits per heavy atom. The maximum Gasteiger partial charge on any atom is 0.240 e. The first-order valence-corrected chi connectivity index (χ1v) is 9.76. The Bertz CT molecular complexity index is 995. The van der Waals surface area contributed by atoms with Gasteiger partial charge in [0.25, 0.3) is 0 Å². The Labute approximate surface area is 172 Å². The fraction of sp³-hybridized carbons (Fsp3) is 0.136. The quantitative estimate of drug-likeness (QED) is 0.409. The van der Waals surface area contributed by atoms with E-state index in [1.807, 2.05) is 66.7 Å². The summed E-state index contributed by atoms with van der Waals surface area (Å²) < 4.78 is 0.950. The highest BCUT2D eigenvalue weighted by molar-refractivity contribution is 9.10. The van der Waals surface area contributed by atoms with Crippen LogP contribution in [0.4, 0.5) is 5.69 Å². The van der Waals surface area contributed by atoms with Crippen LogP contribution in [0.3, 0.4) is 0 Å². The summed E-state index contributed by atoms with van der Waals surface area (Å²) in [6, 6.07) is 21.3. The molecule has 0 aromatic heterocycles. The van der Waals surface area contributed by atoms with E-state index < -0.39 is 0 Å². The number of nitrogens with zero attached hydrogens (tertiary/aromatic N) is 1. The minimum atomic E-state index is -0.215. The van der Waals surface area contributed by atoms with E-state index in [4.69, 9.17) is 0 Å². The van der Waals surface area contributed by atoms with Gasteiger partial charge in [0.1, 0.15) is 0 Å². The fourth-order valence-electron chi connectivity index (χ4n) is 2.76. The molecule has 0 bridgehead atoms. The number of fused-ring (bicyclic) bond motifs is 1. The second-order valence-corrected chi connectivity index (χ2v) is 7.19. The summed E-state index contributed by atoms with van der Waals surface area (Å²) in [6.45, 7) is 0. The molecule has 28 heavy (non-hydrogen) atoms. The first-order valence-electron chi connectivity index (χ1n) is 8.97. The number of nitrogens with one attached hydrogen (secondary N) is 2. The first kappa shape index (κ1) is 19.8. The summed E-state index contributed by atoms with van der Waals surface area (Å²) in [5, 5.41) is 9.04. The van der Waals surface area contributed by atoms with Crippen molar-refractivity contribution < 1.29 is 9.59 Å². The lowest BCUT2D eigenvalue weighted by molar-refractivity contribution is -0.121. The van der Waals surface area contributed by atoms with E-state index in [0.29, 0.717) is 6.42 Å². The third-order valence-corrected chi connectivity index (χ3v) is 4.68. The average Bonchev–Trinajstić information content (AvgIpc) is 2.70. The summed E-state index contributed by atoms with van der Waals surface area (Å²) in [6.07, 6.45) is 2.61. The van der Waals surface area contributed by atoms with Gasteiger partial charge in [0.05, 0.1) is 6.21 Å². The van der Waals surface area contributed by atoms with Crippen molar-refractivity contribution in [2.45, 2.75) is 19.3 Å². The van der Waals surface area contributed by atoms with Gasteiger partial charge in [-0.05, 0) is 41.5 Å². The van der Waals surface area contributed by atoms with Crippen molar-refractivity contribution in [2.24, 2.45) is 5.10 Å². The average molecular weight is 438 g/mol. The number of benzene rings is 3. The molecular weight excluding hydrogens is 418 g/mol. The van der Waals surface area contributed by atoms with Crippen LogP contribution in [0.1, 0.15) is 24.8 Å². The number of halogens is 1. The number of hydrogen-bond acceptors (Lipinski definition) is 3. The number of anilines is 1. The molecule has 3 aromatic carbocycles. The SMILES string of the molecule is O=C(CCCC(=O)Nc1ccc(Br)cc1)N/N=C\c1cccc2ccccc12. The van der Waals surface area contributed by atoms with Crippen LogP contribution >= 0.6 is 15.9 Å². The predicted octanol–water partition coefficient (Wildman–Crippen LogP) is 4.86. The van der Waals surface area contributed by atoms with Gasteiger partial charge in [0.2, 0.25) is 11.8 Å². The smallest absolute Gasteiger partial charge is 0.240 e. The predicted molar refractivity (Wildman–Crippen MR) is 116 cm³/mol. The van der Waals surface area contributed by atoms with Gasteiger partial charge in [-0.15, -0.1) is 0 Å². The zero-order chi connectivity index (χ0) is 19.8. The largest absolute Gasteiger partial charge is 0.326 e. The second-order valence-electron chi connectivity index (χ2n) is 6.27. The molecule has 0 heterocycles. The lowest BCUT2D eigenvalue weighted by Gasteiger charge is -2.05. The van der Waals surface area contributed by atoms with Crippen LogP contribution in [-0.4, -0.2) is 18.0 Å². The van der Waals surface area contributed by atoms with Crippen molar-refractivity contribution in [1.29, 1.82) is 0 Å². The third-order valence-electron chi connectivity index (χ3n) is 4.15. The van der Waals surface area contributed by atoms with Crippen molar-refractivity contribution in [3.05, 3.63) is 76.8 Å².